The van der Waals surface area contributed by atoms with Crippen molar-refractivity contribution in [1.82, 2.24) is 15.5 Å². The van der Waals surface area contributed by atoms with Crippen molar-refractivity contribution in [2.45, 2.75) is 31.3 Å². The van der Waals surface area contributed by atoms with Gasteiger partial charge in [-0.15, -0.1) is 12.4 Å². The molecule has 1 saturated heterocycles. The Hall–Kier alpha value is -2.04. The third-order valence-corrected chi connectivity index (χ3v) is 5.35. The van der Waals surface area contributed by atoms with E-state index in [4.69, 9.17) is 0 Å². The van der Waals surface area contributed by atoms with Gasteiger partial charge in [0.2, 0.25) is 0 Å². The number of halogens is 1. The minimum Gasteiger partial charge on any atom is -0.338 e. The standard InChI is InChI=1S/C21H25N3O.ClH/c25-21-23-15-10-16-6-4-5-9-19(16)20(17-7-2-1-3-8-17)24(21)18-11-13-22-14-12-18;/h1-9,18,20,22H,10-15H2,(H,23,25);1H. The summed E-state index contributed by atoms with van der Waals surface area (Å²) < 4.78 is 0. The van der Waals surface area contributed by atoms with Crippen molar-refractivity contribution >= 4 is 18.4 Å². The normalized spacial score (nSPS) is 21.0. The Balaban J connectivity index is 0.00000196. The largest absolute Gasteiger partial charge is 0.338 e. The van der Waals surface area contributed by atoms with Gasteiger partial charge in [0.25, 0.3) is 0 Å². The zero-order valence-electron chi connectivity index (χ0n) is 14.9. The summed E-state index contributed by atoms with van der Waals surface area (Å²) in [6, 6.07) is 19.3. The lowest BCUT2D eigenvalue weighted by atomic mass is 9.89. The van der Waals surface area contributed by atoms with E-state index in [1.54, 1.807) is 0 Å². The molecule has 0 radical (unpaired) electrons. The Bertz CT molecular complexity index is 731. The molecule has 1 unspecified atom stereocenters. The van der Waals surface area contributed by atoms with Crippen molar-refractivity contribution < 1.29 is 4.79 Å². The number of benzene rings is 2. The molecule has 26 heavy (non-hydrogen) atoms. The number of nitrogens with zero attached hydrogens (tertiary/aromatic N) is 1. The van der Waals surface area contributed by atoms with Crippen LogP contribution in [0.1, 0.15) is 35.6 Å². The molecule has 2 amide bonds. The van der Waals surface area contributed by atoms with Gasteiger partial charge in [-0.2, -0.15) is 0 Å². The molecule has 0 aliphatic carbocycles. The second kappa shape index (κ2) is 8.56. The van der Waals surface area contributed by atoms with Crippen LogP contribution in [0.15, 0.2) is 54.6 Å². The number of amides is 2. The zero-order valence-corrected chi connectivity index (χ0v) is 15.7. The molecule has 5 heteroatoms. The fourth-order valence-corrected chi connectivity index (χ4v) is 4.13. The quantitative estimate of drug-likeness (QED) is 0.848. The van der Waals surface area contributed by atoms with Crippen LogP contribution in [0.25, 0.3) is 0 Å². The van der Waals surface area contributed by atoms with Crippen molar-refractivity contribution in [3.8, 4) is 0 Å². The van der Waals surface area contributed by atoms with E-state index in [2.05, 4.69) is 64.1 Å². The average Bonchev–Trinajstić information content (AvgIpc) is 2.66. The van der Waals surface area contributed by atoms with E-state index < -0.39 is 0 Å². The van der Waals surface area contributed by atoms with E-state index in [1.807, 2.05) is 6.07 Å². The molecule has 0 bridgehead atoms. The van der Waals surface area contributed by atoms with Crippen molar-refractivity contribution in [2.75, 3.05) is 19.6 Å². The maximum atomic E-state index is 13.1. The van der Waals surface area contributed by atoms with Gasteiger partial charge in [-0.1, -0.05) is 54.6 Å². The first-order valence-electron chi connectivity index (χ1n) is 9.24. The summed E-state index contributed by atoms with van der Waals surface area (Å²) in [5.74, 6) is 0. The van der Waals surface area contributed by atoms with E-state index >= 15 is 0 Å². The molecule has 1 fully saturated rings. The smallest absolute Gasteiger partial charge is 0.318 e. The maximum Gasteiger partial charge on any atom is 0.318 e. The van der Waals surface area contributed by atoms with Gasteiger partial charge >= 0.3 is 6.03 Å². The molecule has 4 rings (SSSR count). The van der Waals surface area contributed by atoms with Crippen LogP contribution in [0.2, 0.25) is 0 Å². The van der Waals surface area contributed by atoms with Gasteiger partial charge in [0.1, 0.15) is 0 Å². The molecular weight excluding hydrogens is 346 g/mol. The third-order valence-electron chi connectivity index (χ3n) is 5.35. The van der Waals surface area contributed by atoms with Gasteiger partial charge < -0.3 is 15.5 Å². The van der Waals surface area contributed by atoms with Crippen LogP contribution in [0.4, 0.5) is 4.79 Å². The van der Waals surface area contributed by atoms with Crippen LogP contribution < -0.4 is 10.6 Å². The van der Waals surface area contributed by atoms with E-state index in [0.717, 1.165) is 32.4 Å². The first kappa shape index (κ1) is 18.7. The molecule has 138 valence electrons. The summed E-state index contributed by atoms with van der Waals surface area (Å²) in [6.07, 6.45) is 2.88. The Labute approximate surface area is 161 Å². The topological polar surface area (TPSA) is 44.4 Å². The predicted molar refractivity (Wildman–Crippen MR) is 107 cm³/mol. The molecule has 0 saturated carbocycles. The minimum atomic E-state index is -0.0270. The highest BCUT2D eigenvalue weighted by atomic mass is 35.5. The number of hydrogen-bond donors (Lipinski definition) is 2. The molecule has 2 aromatic rings. The highest BCUT2D eigenvalue weighted by Crippen LogP contribution is 2.35. The van der Waals surface area contributed by atoms with Crippen molar-refractivity contribution in [3.05, 3.63) is 71.3 Å². The van der Waals surface area contributed by atoms with E-state index in [-0.39, 0.29) is 30.5 Å². The summed E-state index contributed by atoms with van der Waals surface area (Å²) >= 11 is 0. The number of nitrogens with one attached hydrogen (secondary N) is 2. The molecule has 0 aromatic heterocycles. The third kappa shape index (κ3) is 3.71. The van der Waals surface area contributed by atoms with Crippen LogP contribution in [-0.4, -0.2) is 36.6 Å². The first-order chi connectivity index (χ1) is 12.3. The fourth-order valence-electron chi connectivity index (χ4n) is 4.13. The number of urea groups is 1. The van der Waals surface area contributed by atoms with Gasteiger partial charge in [0.05, 0.1) is 6.04 Å². The molecule has 0 spiro atoms. The SMILES string of the molecule is Cl.O=C1NCCc2ccccc2C(c2ccccc2)N1C1CCNCC1. The second-order valence-corrected chi connectivity index (χ2v) is 6.88. The average molecular weight is 372 g/mol. The van der Waals surface area contributed by atoms with Crippen LogP contribution in [0, 0.1) is 0 Å². The highest BCUT2D eigenvalue weighted by Gasteiger charge is 2.35. The van der Waals surface area contributed by atoms with Crippen LogP contribution in [0.5, 0.6) is 0 Å². The lowest BCUT2D eigenvalue weighted by Gasteiger charge is -2.42. The van der Waals surface area contributed by atoms with Crippen molar-refractivity contribution in [1.29, 1.82) is 0 Å². The number of carbonyl (C=O) groups excluding carboxylic acids is 1. The first-order valence-corrected chi connectivity index (χ1v) is 9.24. The number of carbonyl (C=O) groups is 1. The Kier molecular flexibility index (Phi) is 6.17. The number of piperidine rings is 1. The Morgan fingerprint density at radius 3 is 2.35 bits per heavy atom. The van der Waals surface area contributed by atoms with Gasteiger partial charge in [-0.3, -0.25) is 0 Å². The van der Waals surface area contributed by atoms with Crippen molar-refractivity contribution in [2.24, 2.45) is 0 Å². The molecule has 2 heterocycles. The molecule has 2 N–H and O–H groups in total. The summed E-state index contributed by atoms with van der Waals surface area (Å²) in [4.78, 5) is 15.2. The predicted octanol–water partition coefficient (Wildman–Crippen LogP) is 3.52. The second-order valence-electron chi connectivity index (χ2n) is 6.88. The summed E-state index contributed by atoms with van der Waals surface area (Å²) in [7, 11) is 0. The summed E-state index contributed by atoms with van der Waals surface area (Å²) in [5, 5.41) is 6.55. The zero-order chi connectivity index (χ0) is 17.1. The van der Waals surface area contributed by atoms with Crippen LogP contribution in [0.3, 0.4) is 0 Å². The monoisotopic (exact) mass is 371 g/mol. The molecule has 2 aliphatic heterocycles. The van der Waals surface area contributed by atoms with Gasteiger partial charge in [-0.05, 0) is 49.0 Å². The summed E-state index contributed by atoms with van der Waals surface area (Å²) in [5.41, 5.74) is 3.78. The summed E-state index contributed by atoms with van der Waals surface area (Å²) in [6.45, 7) is 2.63. The van der Waals surface area contributed by atoms with E-state index in [0.29, 0.717) is 6.54 Å². The number of rotatable bonds is 2. The molecule has 2 aromatic carbocycles. The number of hydrogen-bond acceptors (Lipinski definition) is 2. The highest BCUT2D eigenvalue weighted by molar-refractivity contribution is 5.85. The van der Waals surface area contributed by atoms with Crippen molar-refractivity contribution in [3.63, 3.8) is 0 Å². The van der Waals surface area contributed by atoms with E-state index in [1.165, 1.54) is 16.7 Å². The van der Waals surface area contributed by atoms with E-state index in [9.17, 15) is 4.79 Å². The van der Waals surface area contributed by atoms with Gasteiger partial charge in [0.15, 0.2) is 0 Å². The maximum absolute atomic E-state index is 13.1. The number of fused-ring (bicyclic) bond motifs is 1. The van der Waals surface area contributed by atoms with Gasteiger partial charge in [0, 0.05) is 12.6 Å². The lowest BCUT2D eigenvalue weighted by Crippen LogP contribution is -2.53. The fraction of sp³-hybridized carbons (Fsp3) is 0.381. The van der Waals surface area contributed by atoms with Crippen LogP contribution in [-0.2, 0) is 6.42 Å². The molecule has 4 nitrogen and oxygen atoms in total. The molecular formula is C21H26ClN3O. The molecule has 1 atom stereocenters. The molecule has 2 aliphatic rings. The van der Waals surface area contributed by atoms with Gasteiger partial charge in [-0.25, -0.2) is 4.79 Å². The minimum absolute atomic E-state index is 0. The Morgan fingerprint density at radius 1 is 0.885 bits per heavy atom. The lowest BCUT2D eigenvalue weighted by molar-refractivity contribution is 0.137. The van der Waals surface area contributed by atoms with Crippen LogP contribution >= 0.6 is 12.4 Å². The Morgan fingerprint density at radius 2 is 1.58 bits per heavy atom.